The van der Waals surface area contributed by atoms with Crippen molar-refractivity contribution in [2.75, 3.05) is 0 Å². The van der Waals surface area contributed by atoms with Crippen molar-refractivity contribution in [3.63, 3.8) is 0 Å². The molecule has 0 saturated carbocycles. The highest BCUT2D eigenvalue weighted by Gasteiger charge is 2.26. The van der Waals surface area contributed by atoms with E-state index in [2.05, 4.69) is 15.5 Å². The van der Waals surface area contributed by atoms with Crippen molar-refractivity contribution >= 4 is 18.1 Å². The average Bonchev–Trinajstić information content (AvgIpc) is 2.85. The molecule has 1 aromatic carbocycles. The topological polar surface area (TPSA) is 80.9 Å². The minimum atomic E-state index is -0.943. The number of hydrogen-bond donors (Lipinski definition) is 1. The summed E-state index contributed by atoms with van der Waals surface area (Å²) in [5.41, 5.74) is 0.999. The average molecular weight is 272 g/mol. The molecule has 1 N–H and O–H groups in total. The molecule has 20 heavy (non-hydrogen) atoms. The molecular formula is C14H16N4O2. The van der Waals surface area contributed by atoms with Crippen LogP contribution in [0.4, 0.5) is 0 Å². The summed E-state index contributed by atoms with van der Waals surface area (Å²) in [4.78, 5) is 11.3. The van der Waals surface area contributed by atoms with Gasteiger partial charge in [0, 0.05) is 0 Å². The lowest BCUT2D eigenvalue weighted by molar-refractivity contribution is -0.142. The van der Waals surface area contributed by atoms with Gasteiger partial charge in [-0.3, -0.25) is 0 Å². The third kappa shape index (κ3) is 3.09. The first-order valence-electron chi connectivity index (χ1n) is 6.33. The van der Waals surface area contributed by atoms with Crippen LogP contribution in [0.5, 0.6) is 0 Å². The molecule has 1 heterocycles. The predicted octanol–water partition coefficient (Wildman–Crippen LogP) is 2.13. The monoisotopic (exact) mass is 272 g/mol. The first kappa shape index (κ1) is 13.9. The molecule has 0 aliphatic rings. The van der Waals surface area contributed by atoms with E-state index in [0.717, 1.165) is 5.56 Å². The highest BCUT2D eigenvalue weighted by atomic mass is 16.4. The SMILES string of the molecule is CC(C)C(C(=O)O)n1nnnc1/C=C/c1ccccc1. The van der Waals surface area contributed by atoms with Gasteiger partial charge >= 0.3 is 5.97 Å². The second-order valence-electron chi connectivity index (χ2n) is 4.75. The summed E-state index contributed by atoms with van der Waals surface area (Å²) in [6.45, 7) is 3.65. The Morgan fingerprint density at radius 2 is 1.95 bits per heavy atom. The summed E-state index contributed by atoms with van der Waals surface area (Å²) < 4.78 is 1.34. The van der Waals surface area contributed by atoms with Gasteiger partial charge in [-0.05, 0) is 28.0 Å². The van der Waals surface area contributed by atoms with E-state index < -0.39 is 12.0 Å². The van der Waals surface area contributed by atoms with Gasteiger partial charge in [-0.1, -0.05) is 50.3 Å². The van der Waals surface area contributed by atoms with E-state index in [1.165, 1.54) is 4.68 Å². The van der Waals surface area contributed by atoms with E-state index in [-0.39, 0.29) is 5.92 Å². The Kier molecular flexibility index (Phi) is 4.24. The van der Waals surface area contributed by atoms with E-state index in [1.807, 2.05) is 50.3 Å². The van der Waals surface area contributed by atoms with Gasteiger partial charge in [-0.25, -0.2) is 9.48 Å². The maximum absolute atomic E-state index is 11.3. The third-order valence-electron chi connectivity index (χ3n) is 2.89. The second-order valence-corrected chi connectivity index (χ2v) is 4.75. The molecule has 1 aromatic heterocycles. The Bertz CT molecular complexity index is 605. The first-order chi connectivity index (χ1) is 9.59. The molecule has 2 aromatic rings. The molecule has 0 bridgehead atoms. The number of aliphatic carboxylic acids is 1. The van der Waals surface area contributed by atoms with Gasteiger partial charge in [0.1, 0.15) is 0 Å². The lowest BCUT2D eigenvalue weighted by Crippen LogP contribution is -2.26. The van der Waals surface area contributed by atoms with Crippen LogP contribution in [0, 0.1) is 5.92 Å². The molecule has 1 unspecified atom stereocenters. The van der Waals surface area contributed by atoms with E-state index >= 15 is 0 Å². The van der Waals surface area contributed by atoms with E-state index in [4.69, 9.17) is 0 Å². The summed E-state index contributed by atoms with van der Waals surface area (Å²) >= 11 is 0. The van der Waals surface area contributed by atoms with Crippen molar-refractivity contribution in [3.05, 3.63) is 41.7 Å². The standard InChI is InChI=1S/C14H16N4O2/c1-10(2)13(14(19)20)18-12(15-16-17-18)9-8-11-6-4-3-5-7-11/h3-10,13H,1-2H3,(H,19,20)/b9-8+. The minimum absolute atomic E-state index is 0.111. The molecule has 0 saturated heterocycles. The largest absolute Gasteiger partial charge is 0.480 e. The third-order valence-corrected chi connectivity index (χ3v) is 2.89. The first-order valence-corrected chi connectivity index (χ1v) is 6.33. The van der Waals surface area contributed by atoms with Crippen molar-refractivity contribution in [1.29, 1.82) is 0 Å². The summed E-state index contributed by atoms with van der Waals surface area (Å²) in [7, 11) is 0. The zero-order chi connectivity index (χ0) is 14.5. The summed E-state index contributed by atoms with van der Waals surface area (Å²) in [6, 6.07) is 8.90. The number of nitrogens with zero attached hydrogens (tertiary/aromatic N) is 4. The van der Waals surface area contributed by atoms with Crippen molar-refractivity contribution in [3.8, 4) is 0 Å². The van der Waals surface area contributed by atoms with Crippen molar-refractivity contribution in [2.24, 2.45) is 5.92 Å². The zero-order valence-electron chi connectivity index (χ0n) is 11.3. The fourth-order valence-electron chi connectivity index (χ4n) is 1.92. The number of rotatable bonds is 5. The number of tetrazole rings is 1. The van der Waals surface area contributed by atoms with Crippen molar-refractivity contribution < 1.29 is 9.90 Å². The van der Waals surface area contributed by atoms with Crippen molar-refractivity contribution in [1.82, 2.24) is 20.2 Å². The second kappa shape index (κ2) is 6.10. The van der Waals surface area contributed by atoms with Crippen LogP contribution >= 0.6 is 0 Å². The predicted molar refractivity (Wildman–Crippen MR) is 74.7 cm³/mol. The summed E-state index contributed by atoms with van der Waals surface area (Å²) in [5.74, 6) is -0.628. The van der Waals surface area contributed by atoms with Gasteiger partial charge in [-0.2, -0.15) is 0 Å². The number of aromatic nitrogens is 4. The Balaban J connectivity index is 2.29. The lowest BCUT2D eigenvalue weighted by Gasteiger charge is -2.16. The number of carboxylic acid groups (broad SMARTS) is 1. The Hall–Kier alpha value is -2.50. The van der Waals surface area contributed by atoms with E-state index in [1.54, 1.807) is 6.08 Å². The van der Waals surface area contributed by atoms with Gasteiger partial charge in [0.2, 0.25) is 0 Å². The van der Waals surface area contributed by atoms with Crippen molar-refractivity contribution in [2.45, 2.75) is 19.9 Å². The van der Waals surface area contributed by atoms with Gasteiger partial charge < -0.3 is 5.11 Å². The molecule has 0 aliphatic carbocycles. The molecule has 2 rings (SSSR count). The van der Waals surface area contributed by atoms with Crippen LogP contribution in [0.15, 0.2) is 30.3 Å². The molecular weight excluding hydrogens is 256 g/mol. The van der Waals surface area contributed by atoms with Crippen LogP contribution < -0.4 is 0 Å². The fourth-order valence-corrected chi connectivity index (χ4v) is 1.92. The zero-order valence-corrected chi connectivity index (χ0v) is 11.3. The normalized spacial score (nSPS) is 12.9. The number of carbonyl (C=O) groups is 1. The maximum atomic E-state index is 11.3. The lowest BCUT2D eigenvalue weighted by atomic mass is 10.1. The molecule has 6 nitrogen and oxygen atoms in total. The molecule has 1 atom stereocenters. The fraction of sp³-hybridized carbons (Fsp3) is 0.286. The van der Waals surface area contributed by atoms with E-state index in [0.29, 0.717) is 5.82 Å². The molecule has 0 spiro atoms. The highest BCUT2D eigenvalue weighted by Crippen LogP contribution is 2.18. The van der Waals surface area contributed by atoms with E-state index in [9.17, 15) is 9.90 Å². The Labute approximate surface area is 116 Å². The highest BCUT2D eigenvalue weighted by molar-refractivity contribution is 5.73. The van der Waals surface area contributed by atoms with Crippen LogP contribution in [-0.4, -0.2) is 31.3 Å². The van der Waals surface area contributed by atoms with Crippen LogP contribution in [0.3, 0.4) is 0 Å². The molecule has 0 fully saturated rings. The quantitative estimate of drug-likeness (QED) is 0.901. The number of carboxylic acids is 1. The Morgan fingerprint density at radius 1 is 1.25 bits per heavy atom. The maximum Gasteiger partial charge on any atom is 0.328 e. The molecule has 104 valence electrons. The van der Waals surface area contributed by atoms with Gasteiger partial charge in [-0.15, -0.1) is 5.10 Å². The molecule has 0 radical (unpaired) electrons. The van der Waals surface area contributed by atoms with Gasteiger partial charge in [0.15, 0.2) is 11.9 Å². The smallest absolute Gasteiger partial charge is 0.328 e. The molecule has 0 aliphatic heterocycles. The van der Waals surface area contributed by atoms with Gasteiger partial charge in [0.25, 0.3) is 0 Å². The Morgan fingerprint density at radius 3 is 2.55 bits per heavy atom. The summed E-state index contributed by atoms with van der Waals surface area (Å²) in [6.07, 6.45) is 3.56. The van der Waals surface area contributed by atoms with Crippen LogP contribution in [0.25, 0.3) is 12.2 Å². The molecule has 0 amide bonds. The number of benzene rings is 1. The number of hydrogen-bond acceptors (Lipinski definition) is 4. The van der Waals surface area contributed by atoms with Gasteiger partial charge in [0.05, 0.1) is 0 Å². The van der Waals surface area contributed by atoms with Crippen LogP contribution in [0.1, 0.15) is 31.3 Å². The van der Waals surface area contributed by atoms with Crippen LogP contribution in [-0.2, 0) is 4.79 Å². The minimum Gasteiger partial charge on any atom is -0.480 e. The molecule has 6 heteroatoms. The summed E-state index contributed by atoms with van der Waals surface area (Å²) in [5, 5.41) is 20.5. The van der Waals surface area contributed by atoms with Crippen LogP contribution in [0.2, 0.25) is 0 Å².